The highest BCUT2D eigenvalue weighted by atomic mass is 16.3. The van der Waals surface area contributed by atoms with Crippen LogP contribution < -0.4 is 4.90 Å². The summed E-state index contributed by atoms with van der Waals surface area (Å²) in [5.41, 5.74) is 2.89. The lowest BCUT2D eigenvalue weighted by molar-refractivity contribution is 0.185. The molecule has 2 rings (SSSR count). The number of likely N-dealkylation sites (N-methyl/N-ethyl adjacent to an activating group) is 1. The highest BCUT2D eigenvalue weighted by molar-refractivity contribution is 5.49. The third-order valence-corrected chi connectivity index (χ3v) is 3.31. The van der Waals surface area contributed by atoms with Gasteiger partial charge in [0.2, 0.25) is 0 Å². The predicted octanol–water partition coefficient (Wildman–Crippen LogP) is 2.60. The van der Waals surface area contributed by atoms with Crippen molar-refractivity contribution in [1.82, 2.24) is 0 Å². The Morgan fingerprint density at radius 2 is 1.43 bits per heavy atom. The highest BCUT2D eigenvalue weighted by Gasteiger charge is 2.11. The molecule has 0 heterocycles. The Morgan fingerprint density at radius 3 is 1.90 bits per heavy atom. The summed E-state index contributed by atoms with van der Waals surface area (Å²) < 4.78 is 0. The molecule has 0 aliphatic rings. The van der Waals surface area contributed by atoms with E-state index < -0.39 is 6.10 Å². The van der Waals surface area contributed by atoms with Gasteiger partial charge in [-0.05, 0) is 42.0 Å². The van der Waals surface area contributed by atoms with Crippen molar-refractivity contribution >= 4 is 5.69 Å². The summed E-state index contributed by atoms with van der Waals surface area (Å²) in [5.74, 6) is 0. The van der Waals surface area contributed by atoms with Crippen LogP contribution in [0.2, 0.25) is 0 Å². The van der Waals surface area contributed by atoms with E-state index in [4.69, 9.17) is 10.5 Å². The van der Waals surface area contributed by atoms with Crippen molar-refractivity contribution in [3.05, 3.63) is 65.2 Å². The summed E-state index contributed by atoms with van der Waals surface area (Å²) in [6.45, 7) is 0.428. The number of anilines is 1. The molecule has 0 spiro atoms. The zero-order chi connectivity index (χ0) is 15.2. The Kier molecular flexibility index (Phi) is 4.56. The molecule has 1 atom stereocenters. The van der Waals surface area contributed by atoms with Crippen molar-refractivity contribution < 1.29 is 5.11 Å². The van der Waals surface area contributed by atoms with Crippen molar-refractivity contribution in [2.45, 2.75) is 6.10 Å². The fraction of sp³-hybridized carbons (Fsp3) is 0.176. The van der Waals surface area contributed by atoms with Gasteiger partial charge < -0.3 is 10.0 Å². The van der Waals surface area contributed by atoms with E-state index in [2.05, 4.69) is 12.1 Å². The van der Waals surface area contributed by atoms with E-state index in [1.54, 1.807) is 36.4 Å². The molecule has 0 aromatic heterocycles. The number of aliphatic hydroxyl groups is 1. The van der Waals surface area contributed by atoms with Crippen LogP contribution >= 0.6 is 0 Å². The van der Waals surface area contributed by atoms with E-state index >= 15 is 0 Å². The van der Waals surface area contributed by atoms with Crippen LogP contribution in [-0.4, -0.2) is 18.7 Å². The number of hydrogen-bond acceptors (Lipinski definition) is 4. The molecule has 0 aliphatic heterocycles. The molecule has 0 saturated carbocycles. The Hall–Kier alpha value is -2.82. The number of nitrogens with zero attached hydrogens (tertiary/aromatic N) is 3. The van der Waals surface area contributed by atoms with Crippen molar-refractivity contribution in [2.75, 3.05) is 18.5 Å². The summed E-state index contributed by atoms with van der Waals surface area (Å²) in [4.78, 5) is 1.92. The molecule has 2 aromatic rings. The summed E-state index contributed by atoms with van der Waals surface area (Å²) in [6, 6.07) is 18.2. The van der Waals surface area contributed by atoms with Gasteiger partial charge in [0.05, 0.1) is 29.4 Å². The average molecular weight is 277 g/mol. The van der Waals surface area contributed by atoms with E-state index in [-0.39, 0.29) is 0 Å². The van der Waals surface area contributed by atoms with E-state index in [0.29, 0.717) is 17.7 Å². The van der Waals surface area contributed by atoms with Crippen molar-refractivity contribution in [3.63, 3.8) is 0 Å². The molecule has 4 nitrogen and oxygen atoms in total. The molecule has 0 aliphatic carbocycles. The topological polar surface area (TPSA) is 71.0 Å². The molecule has 104 valence electrons. The van der Waals surface area contributed by atoms with Crippen LogP contribution in [0.4, 0.5) is 5.69 Å². The predicted molar refractivity (Wildman–Crippen MR) is 80.5 cm³/mol. The smallest absolute Gasteiger partial charge is 0.0991 e. The molecular weight excluding hydrogens is 262 g/mol. The lowest BCUT2D eigenvalue weighted by Crippen LogP contribution is -2.24. The molecule has 2 aromatic carbocycles. The number of nitriles is 2. The fourth-order valence-electron chi connectivity index (χ4n) is 2.04. The molecule has 0 saturated heterocycles. The fourth-order valence-corrected chi connectivity index (χ4v) is 2.04. The minimum Gasteiger partial charge on any atom is -0.387 e. The van der Waals surface area contributed by atoms with E-state index in [9.17, 15) is 5.11 Å². The first-order valence-corrected chi connectivity index (χ1v) is 6.53. The summed E-state index contributed by atoms with van der Waals surface area (Å²) in [6.07, 6.45) is -0.640. The van der Waals surface area contributed by atoms with E-state index in [1.165, 1.54) is 0 Å². The second kappa shape index (κ2) is 6.56. The molecule has 0 bridgehead atoms. The molecule has 1 N–H and O–H groups in total. The molecule has 0 amide bonds. The van der Waals surface area contributed by atoms with Crippen molar-refractivity contribution in [2.24, 2.45) is 0 Å². The van der Waals surface area contributed by atoms with Gasteiger partial charge in [-0.2, -0.15) is 10.5 Å². The quantitative estimate of drug-likeness (QED) is 0.932. The van der Waals surface area contributed by atoms with Crippen LogP contribution in [0.15, 0.2) is 48.5 Å². The van der Waals surface area contributed by atoms with Crippen LogP contribution in [0.5, 0.6) is 0 Å². The lowest BCUT2D eigenvalue weighted by atomic mass is 10.1. The van der Waals surface area contributed by atoms with Gasteiger partial charge in [0.25, 0.3) is 0 Å². The largest absolute Gasteiger partial charge is 0.387 e. The van der Waals surface area contributed by atoms with Crippen LogP contribution in [0.25, 0.3) is 0 Å². The standard InChI is InChI=1S/C17H15N3O/c1-20(16-8-4-14(11-19)5-9-16)12-17(21)15-6-2-13(10-18)3-7-15/h2-9,17,21H,12H2,1H3. The minimum atomic E-state index is -0.640. The minimum absolute atomic E-state index is 0.428. The lowest BCUT2D eigenvalue weighted by Gasteiger charge is -2.23. The van der Waals surface area contributed by atoms with Crippen molar-refractivity contribution in [1.29, 1.82) is 10.5 Å². The Balaban J connectivity index is 2.05. The van der Waals surface area contributed by atoms with Gasteiger partial charge in [0.15, 0.2) is 0 Å². The van der Waals surface area contributed by atoms with Crippen LogP contribution in [0.3, 0.4) is 0 Å². The zero-order valence-corrected chi connectivity index (χ0v) is 11.7. The molecule has 1 unspecified atom stereocenters. The van der Waals surface area contributed by atoms with Crippen LogP contribution in [0, 0.1) is 22.7 Å². The highest BCUT2D eigenvalue weighted by Crippen LogP contribution is 2.19. The second-order valence-corrected chi connectivity index (χ2v) is 4.79. The van der Waals surface area contributed by atoms with Gasteiger partial charge in [0.1, 0.15) is 0 Å². The number of rotatable bonds is 4. The first-order chi connectivity index (χ1) is 10.1. The van der Waals surface area contributed by atoms with Crippen LogP contribution in [0.1, 0.15) is 22.8 Å². The Bertz CT molecular complexity index is 616. The summed E-state index contributed by atoms with van der Waals surface area (Å²) in [5, 5.41) is 27.8. The monoisotopic (exact) mass is 277 g/mol. The van der Waals surface area contributed by atoms with Gasteiger partial charge >= 0.3 is 0 Å². The molecular formula is C17H15N3O. The summed E-state index contributed by atoms with van der Waals surface area (Å²) >= 11 is 0. The molecule has 21 heavy (non-hydrogen) atoms. The maximum Gasteiger partial charge on any atom is 0.0991 e. The van der Waals surface area contributed by atoms with E-state index in [0.717, 1.165) is 11.3 Å². The normalized spacial score (nSPS) is 11.2. The van der Waals surface area contributed by atoms with Gasteiger partial charge in [-0.15, -0.1) is 0 Å². The Morgan fingerprint density at radius 1 is 0.952 bits per heavy atom. The van der Waals surface area contributed by atoms with Crippen molar-refractivity contribution in [3.8, 4) is 12.1 Å². The maximum absolute atomic E-state index is 10.2. The first kappa shape index (κ1) is 14.6. The van der Waals surface area contributed by atoms with E-state index in [1.807, 2.05) is 24.1 Å². The Labute approximate surface area is 124 Å². The molecule has 0 radical (unpaired) electrons. The van der Waals surface area contributed by atoms with Gasteiger partial charge in [-0.1, -0.05) is 12.1 Å². The zero-order valence-electron chi connectivity index (χ0n) is 11.7. The summed E-state index contributed by atoms with van der Waals surface area (Å²) in [7, 11) is 1.88. The number of aliphatic hydroxyl groups excluding tert-OH is 1. The van der Waals surface area contributed by atoms with Gasteiger partial charge in [0, 0.05) is 19.3 Å². The second-order valence-electron chi connectivity index (χ2n) is 4.79. The SMILES string of the molecule is CN(CC(O)c1ccc(C#N)cc1)c1ccc(C#N)cc1. The van der Waals surface area contributed by atoms with Gasteiger partial charge in [-0.25, -0.2) is 0 Å². The number of hydrogen-bond donors (Lipinski definition) is 1. The molecule has 0 fully saturated rings. The maximum atomic E-state index is 10.2. The van der Waals surface area contributed by atoms with Crippen LogP contribution in [-0.2, 0) is 0 Å². The van der Waals surface area contributed by atoms with Gasteiger partial charge in [-0.3, -0.25) is 0 Å². The third kappa shape index (κ3) is 3.60. The first-order valence-electron chi connectivity index (χ1n) is 6.53. The molecule has 4 heteroatoms. The number of benzene rings is 2. The third-order valence-electron chi connectivity index (χ3n) is 3.31. The average Bonchev–Trinajstić information content (AvgIpc) is 2.55.